The van der Waals surface area contributed by atoms with Gasteiger partial charge in [0.2, 0.25) is 0 Å². The van der Waals surface area contributed by atoms with Crippen LogP contribution in [0.4, 0.5) is 0 Å². The van der Waals surface area contributed by atoms with E-state index in [9.17, 15) is 4.57 Å². The van der Waals surface area contributed by atoms with E-state index in [0.29, 0.717) is 30.8 Å². The van der Waals surface area contributed by atoms with Crippen LogP contribution >= 0.6 is 7.82 Å². The molecule has 0 spiro atoms. The third-order valence-corrected chi connectivity index (χ3v) is 6.23. The van der Waals surface area contributed by atoms with E-state index in [1.807, 2.05) is 19.1 Å². The van der Waals surface area contributed by atoms with Crippen LogP contribution in [0, 0.1) is 18.8 Å². The predicted octanol–water partition coefficient (Wildman–Crippen LogP) is 7.81. The van der Waals surface area contributed by atoms with Gasteiger partial charge in [-0.3, -0.25) is 0 Å². The first-order chi connectivity index (χ1) is 14.5. The first-order valence-electron chi connectivity index (χ1n) is 11.4. The van der Waals surface area contributed by atoms with Crippen molar-refractivity contribution in [3.05, 3.63) is 29.8 Å². The monoisotopic (exact) mass is 444 g/mol. The maximum Gasteiger partial charge on any atom is 0.585 e. The van der Waals surface area contributed by atoms with Gasteiger partial charge in [-0.05, 0) is 43.7 Å². The van der Waals surface area contributed by atoms with Crippen LogP contribution in [0.1, 0.15) is 84.6 Å². The second-order valence-electron chi connectivity index (χ2n) is 7.90. The molecular formula is C23H41O6P. The molecule has 0 saturated carbocycles. The Bertz CT molecular complexity index is 566. The minimum Gasteiger partial charge on any atom is -0.401 e. The molecule has 2 atom stereocenters. The van der Waals surface area contributed by atoms with Crippen LogP contribution in [-0.2, 0) is 23.7 Å². The smallest absolute Gasteiger partial charge is 0.401 e. The van der Waals surface area contributed by atoms with Gasteiger partial charge in [0.15, 0.2) is 0 Å². The second kappa shape index (κ2) is 15.8. The van der Waals surface area contributed by atoms with Gasteiger partial charge in [-0.2, -0.15) is 0 Å². The van der Waals surface area contributed by atoms with Gasteiger partial charge in [0, 0.05) is 0 Å². The van der Waals surface area contributed by atoms with Gasteiger partial charge in [-0.15, -0.1) is 9.35 Å². The summed E-state index contributed by atoms with van der Waals surface area (Å²) in [6.07, 6.45) is 8.47. The van der Waals surface area contributed by atoms with Crippen LogP contribution in [0.5, 0.6) is 5.75 Å². The molecule has 0 fully saturated rings. The zero-order chi connectivity index (χ0) is 22.2. The Morgan fingerprint density at radius 1 is 0.800 bits per heavy atom. The van der Waals surface area contributed by atoms with Gasteiger partial charge in [0.1, 0.15) is 5.75 Å². The van der Waals surface area contributed by atoms with E-state index >= 15 is 0 Å². The van der Waals surface area contributed by atoms with Gasteiger partial charge < -0.3 is 4.52 Å². The number of aryl methyl sites for hydroxylation is 1. The lowest BCUT2D eigenvalue weighted by molar-refractivity contribution is -0.285. The normalized spacial score (nSPS) is 15.5. The maximum absolute atomic E-state index is 13.1. The lowest BCUT2D eigenvalue weighted by atomic mass is 10.0. The minimum absolute atomic E-state index is 0.329. The van der Waals surface area contributed by atoms with E-state index in [-0.39, 0.29) is 0 Å². The quantitative estimate of drug-likeness (QED) is 0.131. The predicted molar refractivity (Wildman–Crippen MR) is 120 cm³/mol. The standard InChI is InChI=1S/C23H41O6P/c1-6-10-12-21(8-3)18-25-28-30(24,27-23-16-14-20(5)15-17-23)29-26-19-22(9-4)13-11-7-2/h14-17,21-22H,6-13,18-19H2,1-5H3. The number of hydrogen-bond acceptors (Lipinski definition) is 6. The SMILES string of the molecule is CCCCC(CC)COOP(=O)(OOCC(CC)CCCC)Oc1ccc(C)cc1. The average molecular weight is 445 g/mol. The molecule has 1 aromatic carbocycles. The molecule has 0 aliphatic carbocycles. The van der Waals surface area contributed by atoms with Crippen molar-refractivity contribution in [2.24, 2.45) is 11.8 Å². The molecule has 0 N–H and O–H groups in total. The fraction of sp³-hybridized carbons (Fsp3) is 0.739. The molecule has 30 heavy (non-hydrogen) atoms. The van der Waals surface area contributed by atoms with Crippen LogP contribution in [0.15, 0.2) is 24.3 Å². The zero-order valence-electron chi connectivity index (χ0n) is 19.4. The molecule has 0 amide bonds. The van der Waals surface area contributed by atoms with Gasteiger partial charge in [0.25, 0.3) is 0 Å². The molecule has 2 unspecified atom stereocenters. The second-order valence-corrected chi connectivity index (χ2v) is 9.28. The first kappa shape index (κ1) is 27.1. The highest BCUT2D eigenvalue weighted by molar-refractivity contribution is 7.48. The summed E-state index contributed by atoms with van der Waals surface area (Å²) in [7, 11) is -4.09. The molecule has 0 aliphatic heterocycles. The molecule has 0 aromatic heterocycles. The summed E-state index contributed by atoms with van der Waals surface area (Å²) in [5.41, 5.74) is 1.06. The van der Waals surface area contributed by atoms with Crippen molar-refractivity contribution in [1.82, 2.24) is 0 Å². The highest BCUT2D eigenvalue weighted by atomic mass is 31.2. The van der Waals surface area contributed by atoms with Crippen molar-refractivity contribution in [3.63, 3.8) is 0 Å². The zero-order valence-corrected chi connectivity index (χ0v) is 20.3. The van der Waals surface area contributed by atoms with E-state index in [0.717, 1.165) is 56.9 Å². The van der Waals surface area contributed by atoms with Crippen molar-refractivity contribution >= 4 is 7.82 Å². The molecule has 7 heteroatoms. The van der Waals surface area contributed by atoms with Crippen LogP contribution in [0.2, 0.25) is 0 Å². The Hall–Kier alpha value is -0.910. The summed E-state index contributed by atoms with van der Waals surface area (Å²) >= 11 is 0. The molecule has 1 rings (SSSR count). The number of hydrogen-bond donors (Lipinski definition) is 0. The molecule has 1 aromatic rings. The fourth-order valence-electron chi connectivity index (χ4n) is 2.95. The highest BCUT2D eigenvalue weighted by Crippen LogP contribution is 2.50. The van der Waals surface area contributed by atoms with Crippen molar-refractivity contribution in [1.29, 1.82) is 0 Å². The average Bonchev–Trinajstić information content (AvgIpc) is 2.74. The Labute approximate surface area is 183 Å². The lowest BCUT2D eigenvalue weighted by Crippen LogP contribution is -2.13. The lowest BCUT2D eigenvalue weighted by Gasteiger charge is -2.20. The minimum atomic E-state index is -4.09. The van der Waals surface area contributed by atoms with Crippen molar-refractivity contribution in [3.8, 4) is 5.75 Å². The van der Waals surface area contributed by atoms with Crippen molar-refractivity contribution in [2.45, 2.75) is 86.0 Å². The van der Waals surface area contributed by atoms with Crippen molar-refractivity contribution in [2.75, 3.05) is 13.2 Å². The molecule has 6 nitrogen and oxygen atoms in total. The van der Waals surface area contributed by atoms with E-state index in [4.69, 9.17) is 23.6 Å². The van der Waals surface area contributed by atoms with Gasteiger partial charge >= 0.3 is 7.82 Å². The van der Waals surface area contributed by atoms with E-state index in [2.05, 4.69) is 27.7 Å². The Morgan fingerprint density at radius 2 is 1.27 bits per heavy atom. The van der Waals surface area contributed by atoms with Gasteiger partial charge in [-0.1, -0.05) is 83.9 Å². The fourth-order valence-corrected chi connectivity index (χ4v) is 3.80. The number of rotatable bonds is 18. The molecule has 174 valence electrons. The largest absolute Gasteiger partial charge is 0.585 e. The Balaban J connectivity index is 2.67. The summed E-state index contributed by atoms with van der Waals surface area (Å²) in [6, 6.07) is 7.13. The van der Waals surface area contributed by atoms with Crippen LogP contribution in [-0.4, -0.2) is 13.2 Å². The Morgan fingerprint density at radius 3 is 1.67 bits per heavy atom. The maximum atomic E-state index is 13.1. The summed E-state index contributed by atoms with van der Waals surface area (Å²) in [6.45, 7) is 11.1. The van der Waals surface area contributed by atoms with E-state index in [1.54, 1.807) is 12.1 Å². The summed E-state index contributed by atoms with van der Waals surface area (Å²) in [5.74, 6) is 1.03. The van der Waals surface area contributed by atoms with E-state index in [1.165, 1.54) is 0 Å². The molecule has 0 aliphatic rings. The molecule has 0 bridgehead atoms. The summed E-state index contributed by atoms with van der Waals surface area (Å²) < 4.78 is 28.9. The number of phosphoric acid groups is 1. The van der Waals surface area contributed by atoms with Crippen LogP contribution in [0.25, 0.3) is 0 Å². The topological polar surface area (TPSA) is 63.2 Å². The van der Waals surface area contributed by atoms with Gasteiger partial charge in [0.05, 0.1) is 13.2 Å². The Kier molecular flexibility index (Phi) is 14.3. The van der Waals surface area contributed by atoms with E-state index < -0.39 is 7.82 Å². The molecular weight excluding hydrogens is 403 g/mol. The third kappa shape index (κ3) is 11.5. The van der Waals surface area contributed by atoms with Gasteiger partial charge in [-0.25, -0.2) is 14.3 Å². The molecule has 0 radical (unpaired) electrons. The van der Waals surface area contributed by atoms with Crippen LogP contribution < -0.4 is 4.52 Å². The number of benzene rings is 1. The van der Waals surface area contributed by atoms with Crippen LogP contribution in [0.3, 0.4) is 0 Å². The molecule has 0 saturated heterocycles. The van der Waals surface area contributed by atoms with Crippen molar-refractivity contribution < 1.29 is 28.2 Å². The first-order valence-corrected chi connectivity index (χ1v) is 12.9. The molecule has 0 heterocycles. The summed E-state index contributed by atoms with van der Waals surface area (Å²) in [5, 5.41) is 0. The third-order valence-electron chi connectivity index (χ3n) is 5.22. The number of unbranched alkanes of at least 4 members (excludes halogenated alkanes) is 2. The highest BCUT2D eigenvalue weighted by Gasteiger charge is 2.33. The summed E-state index contributed by atoms with van der Waals surface area (Å²) in [4.78, 5) is 10.6.